The van der Waals surface area contributed by atoms with Crippen molar-refractivity contribution in [3.05, 3.63) is 34.9 Å². The first-order valence-electron chi connectivity index (χ1n) is 5.88. The molecule has 0 aliphatic heterocycles. The Morgan fingerprint density at radius 1 is 1.31 bits per heavy atom. The topological polar surface area (TPSA) is 29.3 Å². The van der Waals surface area contributed by atoms with Crippen molar-refractivity contribution in [3.63, 3.8) is 0 Å². The molecule has 16 heavy (non-hydrogen) atoms. The van der Waals surface area contributed by atoms with Gasteiger partial charge in [-0.2, -0.15) is 0 Å². The minimum absolute atomic E-state index is 0.179. The predicted octanol–water partition coefficient (Wildman–Crippen LogP) is 2.55. The molecule has 0 spiro atoms. The standard InChI is InChI=1S/C13H21ClN2/c1-3-16(4-2)10-13(15)9-11-6-5-7-12(14)8-11/h5-8,13H,3-4,9-10,15H2,1-2H3. The van der Waals surface area contributed by atoms with E-state index in [0.29, 0.717) is 0 Å². The maximum absolute atomic E-state index is 6.12. The van der Waals surface area contributed by atoms with Crippen molar-refractivity contribution >= 4 is 11.6 Å². The van der Waals surface area contributed by atoms with Gasteiger partial charge in [0.2, 0.25) is 0 Å². The zero-order valence-corrected chi connectivity index (χ0v) is 10.9. The number of benzene rings is 1. The Labute approximate surface area is 103 Å². The fraction of sp³-hybridized carbons (Fsp3) is 0.538. The monoisotopic (exact) mass is 240 g/mol. The van der Waals surface area contributed by atoms with Gasteiger partial charge in [0.25, 0.3) is 0 Å². The van der Waals surface area contributed by atoms with Crippen LogP contribution in [0.1, 0.15) is 19.4 Å². The molecule has 0 aliphatic rings. The molecule has 0 bridgehead atoms. The predicted molar refractivity (Wildman–Crippen MR) is 70.9 cm³/mol. The largest absolute Gasteiger partial charge is 0.326 e. The maximum atomic E-state index is 6.12. The lowest BCUT2D eigenvalue weighted by atomic mass is 10.1. The SMILES string of the molecule is CCN(CC)CC(N)Cc1cccc(Cl)c1. The summed E-state index contributed by atoms with van der Waals surface area (Å²) in [5.41, 5.74) is 7.34. The van der Waals surface area contributed by atoms with E-state index in [9.17, 15) is 0 Å². The van der Waals surface area contributed by atoms with Gasteiger partial charge in [0.15, 0.2) is 0 Å². The molecule has 0 aromatic heterocycles. The van der Waals surface area contributed by atoms with Crippen LogP contribution in [0.15, 0.2) is 24.3 Å². The Morgan fingerprint density at radius 3 is 2.56 bits per heavy atom. The molecule has 1 aromatic rings. The molecule has 1 rings (SSSR count). The van der Waals surface area contributed by atoms with Crippen molar-refractivity contribution in [2.75, 3.05) is 19.6 Å². The minimum Gasteiger partial charge on any atom is -0.326 e. The average Bonchev–Trinajstić information content (AvgIpc) is 2.26. The Bertz CT molecular complexity index is 311. The van der Waals surface area contributed by atoms with Crippen LogP contribution in [0.4, 0.5) is 0 Å². The van der Waals surface area contributed by atoms with E-state index in [1.165, 1.54) is 5.56 Å². The van der Waals surface area contributed by atoms with Crippen LogP contribution in [0.3, 0.4) is 0 Å². The number of hydrogen-bond acceptors (Lipinski definition) is 2. The van der Waals surface area contributed by atoms with E-state index in [1.807, 2.05) is 18.2 Å². The fourth-order valence-electron chi connectivity index (χ4n) is 1.84. The van der Waals surface area contributed by atoms with Gasteiger partial charge in [0.05, 0.1) is 0 Å². The Hall–Kier alpha value is -0.570. The summed E-state index contributed by atoms with van der Waals surface area (Å²) in [7, 11) is 0. The molecule has 1 atom stereocenters. The first-order valence-corrected chi connectivity index (χ1v) is 6.25. The summed E-state index contributed by atoms with van der Waals surface area (Å²) in [4.78, 5) is 2.34. The van der Waals surface area contributed by atoms with Crippen molar-refractivity contribution in [2.45, 2.75) is 26.3 Å². The van der Waals surface area contributed by atoms with Crippen LogP contribution < -0.4 is 5.73 Å². The van der Waals surface area contributed by atoms with Crippen molar-refractivity contribution in [1.29, 1.82) is 0 Å². The molecular formula is C13H21ClN2. The van der Waals surface area contributed by atoms with Gasteiger partial charge in [-0.3, -0.25) is 0 Å². The average molecular weight is 241 g/mol. The van der Waals surface area contributed by atoms with Gasteiger partial charge in [-0.1, -0.05) is 37.6 Å². The summed E-state index contributed by atoms with van der Waals surface area (Å²) in [6, 6.07) is 8.11. The molecule has 90 valence electrons. The Morgan fingerprint density at radius 2 is 2.00 bits per heavy atom. The van der Waals surface area contributed by atoms with Crippen molar-refractivity contribution < 1.29 is 0 Å². The van der Waals surface area contributed by atoms with E-state index in [4.69, 9.17) is 17.3 Å². The van der Waals surface area contributed by atoms with Gasteiger partial charge in [-0.05, 0) is 37.2 Å². The maximum Gasteiger partial charge on any atom is 0.0408 e. The second kappa shape index (κ2) is 6.89. The van der Waals surface area contributed by atoms with Crippen LogP contribution in [-0.4, -0.2) is 30.6 Å². The second-order valence-corrected chi connectivity index (χ2v) is 4.52. The van der Waals surface area contributed by atoms with Gasteiger partial charge in [0, 0.05) is 17.6 Å². The zero-order chi connectivity index (χ0) is 12.0. The smallest absolute Gasteiger partial charge is 0.0408 e. The van der Waals surface area contributed by atoms with Crippen LogP contribution in [0.5, 0.6) is 0 Å². The zero-order valence-electron chi connectivity index (χ0n) is 10.1. The van der Waals surface area contributed by atoms with E-state index in [1.54, 1.807) is 0 Å². The van der Waals surface area contributed by atoms with Gasteiger partial charge in [-0.25, -0.2) is 0 Å². The number of hydrogen-bond donors (Lipinski definition) is 1. The summed E-state index contributed by atoms with van der Waals surface area (Å²) in [6.45, 7) is 7.38. The molecule has 0 aliphatic carbocycles. The summed E-state index contributed by atoms with van der Waals surface area (Å²) in [5, 5.41) is 0.785. The fourth-order valence-corrected chi connectivity index (χ4v) is 2.06. The lowest BCUT2D eigenvalue weighted by molar-refractivity contribution is 0.282. The van der Waals surface area contributed by atoms with Crippen molar-refractivity contribution in [1.82, 2.24) is 4.90 Å². The molecule has 0 fully saturated rings. The van der Waals surface area contributed by atoms with Crippen LogP contribution in [0.2, 0.25) is 5.02 Å². The Balaban J connectivity index is 2.47. The van der Waals surface area contributed by atoms with Crippen molar-refractivity contribution in [2.24, 2.45) is 5.73 Å². The molecule has 2 nitrogen and oxygen atoms in total. The van der Waals surface area contributed by atoms with E-state index < -0.39 is 0 Å². The molecular weight excluding hydrogens is 220 g/mol. The van der Waals surface area contributed by atoms with E-state index in [2.05, 4.69) is 24.8 Å². The lowest BCUT2D eigenvalue weighted by Gasteiger charge is -2.22. The van der Waals surface area contributed by atoms with Gasteiger partial charge >= 0.3 is 0 Å². The third-order valence-corrected chi connectivity index (χ3v) is 3.01. The molecule has 0 saturated carbocycles. The number of likely N-dealkylation sites (N-methyl/N-ethyl adjacent to an activating group) is 1. The molecule has 0 radical (unpaired) electrons. The third kappa shape index (κ3) is 4.52. The van der Waals surface area contributed by atoms with Crippen LogP contribution in [0, 0.1) is 0 Å². The van der Waals surface area contributed by atoms with Gasteiger partial charge in [-0.15, -0.1) is 0 Å². The van der Waals surface area contributed by atoms with E-state index >= 15 is 0 Å². The summed E-state index contributed by atoms with van der Waals surface area (Å²) < 4.78 is 0. The van der Waals surface area contributed by atoms with Gasteiger partial charge < -0.3 is 10.6 Å². The molecule has 2 N–H and O–H groups in total. The van der Waals surface area contributed by atoms with Crippen LogP contribution in [0.25, 0.3) is 0 Å². The van der Waals surface area contributed by atoms with E-state index in [-0.39, 0.29) is 6.04 Å². The normalized spacial score (nSPS) is 13.1. The molecule has 0 saturated heterocycles. The van der Waals surface area contributed by atoms with Crippen LogP contribution >= 0.6 is 11.6 Å². The molecule has 0 heterocycles. The molecule has 0 amide bonds. The number of halogens is 1. The highest BCUT2D eigenvalue weighted by atomic mass is 35.5. The molecule has 1 aromatic carbocycles. The summed E-state index contributed by atoms with van der Waals surface area (Å²) in [5.74, 6) is 0. The first kappa shape index (κ1) is 13.5. The highest BCUT2D eigenvalue weighted by Gasteiger charge is 2.08. The highest BCUT2D eigenvalue weighted by Crippen LogP contribution is 2.12. The van der Waals surface area contributed by atoms with E-state index in [0.717, 1.165) is 31.1 Å². The third-order valence-electron chi connectivity index (χ3n) is 2.77. The second-order valence-electron chi connectivity index (χ2n) is 4.08. The Kier molecular flexibility index (Phi) is 5.81. The molecule has 1 unspecified atom stereocenters. The number of nitrogens with two attached hydrogens (primary N) is 1. The molecule has 3 heteroatoms. The minimum atomic E-state index is 0.179. The number of nitrogens with zero attached hydrogens (tertiary/aromatic N) is 1. The van der Waals surface area contributed by atoms with Crippen molar-refractivity contribution in [3.8, 4) is 0 Å². The quantitative estimate of drug-likeness (QED) is 0.828. The lowest BCUT2D eigenvalue weighted by Crippen LogP contribution is -2.38. The summed E-state index contributed by atoms with van der Waals surface area (Å²) in [6.07, 6.45) is 0.886. The first-order chi connectivity index (χ1) is 7.65. The summed E-state index contributed by atoms with van der Waals surface area (Å²) >= 11 is 5.94. The van der Waals surface area contributed by atoms with Gasteiger partial charge in [0.1, 0.15) is 0 Å². The highest BCUT2D eigenvalue weighted by molar-refractivity contribution is 6.30. The van der Waals surface area contributed by atoms with Crippen LogP contribution in [-0.2, 0) is 6.42 Å². The number of rotatable bonds is 6.